The molecule has 3 aromatic rings. The van der Waals surface area contributed by atoms with Gasteiger partial charge in [0.2, 0.25) is 11.8 Å². The van der Waals surface area contributed by atoms with E-state index in [0.29, 0.717) is 10.2 Å². The molecule has 0 aliphatic rings. The molecule has 1 N–H and O–H groups in total. The van der Waals surface area contributed by atoms with E-state index in [1.54, 1.807) is 24.3 Å². The van der Waals surface area contributed by atoms with Crippen LogP contribution in [0.25, 0.3) is 16.3 Å². The fourth-order valence-electron chi connectivity index (χ4n) is 2.25. The summed E-state index contributed by atoms with van der Waals surface area (Å²) in [6.07, 6.45) is 3.25. The van der Waals surface area contributed by atoms with Crippen LogP contribution in [0.5, 0.6) is 0 Å². The normalized spacial score (nSPS) is 12.8. The van der Waals surface area contributed by atoms with Crippen LogP contribution in [0.2, 0.25) is 0 Å². The lowest BCUT2D eigenvalue weighted by Crippen LogP contribution is -2.26. The Kier molecular flexibility index (Phi) is 4.64. The van der Waals surface area contributed by atoms with Crippen LogP contribution < -0.4 is 10.9 Å². The van der Waals surface area contributed by atoms with Crippen molar-refractivity contribution in [2.45, 2.75) is 26.8 Å². The molecule has 0 bridgehead atoms. The van der Waals surface area contributed by atoms with E-state index >= 15 is 0 Å². The van der Waals surface area contributed by atoms with Gasteiger partial charge < -0.3 is 9.73 Å². The second-order valence-electron chi connectivity index (χ2n) is 5.47. The van der Waals surface area contributed by atoms with E-state index in [1.807, 2.05) is 30.7 Å². The number of aryl methyl sites for hydroxylation is 2. The number of rotatable bonds is 4. The molecule has 0 aliphatic carbocycles. The minimum atomic E-state index is -0.494. The molecule has 5 nitrogen and oxygen atoms in total. The van der Waals surface area contributed by atoms with Gasteiger partial charge in [0, 0.05) is 11.0 Å². The van der Waals surface area contributed by atoms with E-state index in [-0.39, 0.29) is 11.8 Å². The van der Waals surface area contributed by atoms with Crippen molar-refractivity contribution < 1.29 is 9.21 Å². The summed E-state index contributed by atoms with van der Waals surface area (Å²) in [5.41, 5.74) is 1.57. The zero-order valence-electron chi connectivity index (χ0n) is 13.5. The van der Waals surface area contributed by atoms with Crippen molar-refractivity contribution in [2.75, 3.05) is 0 Å². The highest BCUT2D eigenvalue weighted by Gasteiger charge is 2.16. The lowest BCUT2D eigenvalue weighted by atomic mass is 10.2. The van der Waals surface area contributed by atoms with Crippen LogP contribution in [0.15, 0.2) is 32.1 Å². The number of carbonyl (C=O) groups excluding carboxylic acids is 1. The second kappa shape index (κ2) is 6.70. The first-order valence-electron chi connectivity index (χ1n) is 7.37. The Hall–Kier alpha value is -2.25. The van der Waals surface area contributed by atoms with Crippen molar-refractivity contribution in [1.82, 2.24) is 10.3 Å². The number of carbonyl (C=O) groups is 1. The van der Waals surface area contributed by atoms with Crippen molar-refractivity contribution >= 4 is 44.9 Å². The standard InChI is InChI=1S/C17H16N2O3S2/c1-9-6-7-23-12(9)4-5-13(20)18-11(3)15-19-16-14(17(21)22-15)10(2)8-24-16/h4-8,11H,1-3H3,(H,18,20)/b5-4+. The van der Waals surface area contributed by atoms with Gasteiger partial charge in [0.05, 0.1) is 5.39 Å². The highest BCUT2D eigenvalue weighted by molar-refractivity contribution is 7.16. The van der Waals surface area contributed by atoms with Crippen molar-refractivity contribution in [2.24, 2.45) is 0 Å². The van der Waals surface area contributed by atoms with Gasteiger partial charge in [-0.15, -0.1) is 22.7 Å². The smallest absolute Gasteiger partial charge is 0.348 e. The molecule has 0 saturated carbocycles. The molecule has 3 aromatic heterocycles. The van der Waals surface area contributed by atoms with E-state index < -0.39 is 11.7 Å². The summed E-state index contributed by atoms with van der Waals surface area (Å²) in [6, 6.07) is 1.51. The van der Waals surface area contributed by atoms with Crippen molar-refractivity contribution in [1.29, 1.82) is 0 Å². The average Bonchev–Trinajstić information content (AvgIpc) is 3.11. The topological polar surface area (TPSA) is 72.2 Å². The highest BCUT2D eigenvalue weighted by Crippen LogP contribution is 2.22. The monoisotopic (exact) mass is 360 g/mol. The Morgan fingerprint density at radius 1 is 1.33 bits per heavy atom. The lowest BCUT2D eigenvalue weighted by molar-refractivity contribution is -0.117. The molecule has 3 heterocycles. The molecular weight excluding hydrogens is 344 g/mol. The molecule has 0 aromatic carbocycles. The number of thiophene rings is 2. The predicted molar refractivity (Wildman–Crippen MR) is 97.5 cm³/mol. The second-order valence-corrected chi connectivity index (χ2v) is 7.28. The van der Waals surface area contributed by atoms with E-state index in [9.17, 15) is 9.59 Å². The Morgan fingerprint density at radius 2 is 2.12 bits per heavy atom. The van der Waals surface area contributed by atoms with Gasteiger partial charge in [0.1, 0.15) is 10.9 Å². The zero-order chi connectivity index (χ0) is 17.3. The quantitative estimate of drug-likeness (QED) is 0.718. The van der Waals surface area contributed by atoms with E-state index in [0.717, 1.165) is 16.0 Å². The summed E-state index contributed by atoms with van der Waals surface area (Å²) in [4.78, 5) is 30.1. The van der Waals surface area contributed by atoms with Crippen molar-refractivity contribution in [3.05, 3.63) is 55.2 Å². The van der Waals surface area contributed by atoms with Crippen LogP contribution in [-0.2, 0) is 4.79 Å². The number of amides is 1. The van der Waals surface area contributed by atoms with Gasteiger partial charge in [-0.2, -0.15) is 0 Å². The van der Waals surface area contributed by atoms with Crippen LogP contribution >= 0.6 is 22.7 Å². The maximum atomic E-state index is 12.1. The Morgan fingerprint density at radius 3 is 2.83 bits per heavy atom. The molecule has 0 saturated heterocycles. The Labute approximate surface area is 146 Å². The number of nitrogens with zero attached hydrogens (tertiary/aromatic N) is 1. The highest BCUT2D eigenvalue weighted by atomic mass is 32.1. The molecule has 0 radical (unpaired) electrons. The van der Waals surface area contributed by atoms with Crippen LogP contribution in [0.1, 0.15) is 34.9 Å². The van der Waals surface area contributed by atoms with E-state index in [4.69, 9.17) is 4.42 Å². The number of hydrogen-bond acceptors (Lipinski definition) is 6. The third-order valence-electron chi connectivity index (χ3n) is 3.59. The van der Waals surface area contributed by atoms with Gasteiger partial charge in [-0.1, -0.05) is 0 Å². The summed E-state index contributed by atoms with van der Waals surface area (Å²) in [6.45, 7) is 5.58. The Bertz CT molecular complexity index is 981. The zero-order valence-corrected chi connectivity index (χ0v) is 15.1. The first-order chi connectivity index (χ1) is 11.5. The fourth-order valence-corrected chi connectivity index (χ4v) is 3.98. The van der Waals surface area contributed by atoms with E-state index in [1.165, 1.54) is 17.4 Å². The van der Waals surface area contributed by atoms with Gasteiger partial charge >= 0.3 is 5.63 Å². The van der Waals surface area contributed by atoms with Gasteiger partial charge in [-0.3, -0.25) is 4.79 Å². The van der Waals surface area contributed by atoms with Gasteiger partial charge in [0.15, 0.2) is 0 Å². The summed E-state index contributed by atoms with van der Waals surface area (Å²) in [7, 11) is 0. The molecule has 124 valence electrons. The summed E-state index contributed by atoms with van der Waals surface area (Å²) in [5.74, 6) is -0.0504. The first kappa shape index (κ1) is 16.6. The summed E-state index contributed by atoms with van der Waals surface area (Å²) in [5, 5.41) is 7.12. The number of fused-ring (bicyclic) bond motifs is 1. The minimum absolute atomic E-state index is 0.211. The maximum absolute atomic E-state index is 12.1. The third kappa shape index (κ3) is 3.32. The first-order valence-corrected chi connectivity index (χ1v) is 9.13. The SMILES string of the molecule is Cc1ccsc1/C=C/C(=O)NC(C)c1nc2scc(C)c2c(=O)o1. The molecule has 1 unspecified atom stereocenters. The van der Waals surface area contributed by atoms with E-state index in [2.05, 4.69) is 10.3 Å². The number of nitrogens with one attached hydrogen (secondary N) is 1. The van der Waals surface area contributed by atoms with Gasteiger partial charge in [-0.25, -0.2) is 9.78 Å². The van der Waals surface area contributed by atoms with Gasteiger partial charge in [-0.05, 0) is 54.8 Å². The van der Waals surface area contributed by atoms with Crippen LogP contribution in [0.3, 0.4) is 0 Å². The van der Waals surface area contributed by atoms with Crippen molar-refractivity contribution in [3.63, 3.8) is 0 Å². The number of hydrogen-bond donors (Lipinski definition) is 1. The average molecular weight is 360 g/mol. The molecule has 1 amide bonds. The lowest BCUT2D eigenvalue weighted by Gasteiger charge is -2.10. The number of aromatic nitrogens is 1. The largest absolute Gasteiger partial charge is 0.406 e. The van der Waals surface area contributed by atoms with Crippen LogP contribution in [0, 0.1) is 13.8 Å². The van der Waals surface area contributed by atoms with Crippen molar-refractivity contribution in [3.8, 4) is 0 Å². The van der Waals surface area contributed by atoms with Crippen LogP contribution in [-0.4, -0.2) is 10.9 Å². The van der Waals surface area contributed by atoms with Gasteiger partial charge in [0.25, 0.3) is 0 Å². The molecule has 0 aliphatic heterocycles. The molecule has 1 atom stereocenters. The minimum Gasteiger partial charge on any atom is -0.406 e. The summed E-state index contributed by atoms with van der Waals surface area (Å²) < 4.78 is 5.27. The molecule has 7 heteroatoms. The molecule has 24 heavy (non-hydrogen) atoms. The molecule has 0 spiro atoms. The predicted octanol–water partition coefficient (Wildman–Crippen LogP) is 3.82. The maximum Gasteiger partial charge on any atom is 0.348 e. The molecule has 0 fully saturated rings. The third-order valence-corrected chi connectivity index (χ3v) is 5.56. The van der Waals surface area contributed by atoms with Crippen LogP contribution in [0.4, 0.5) is 0 Å². The molecular formula is C17H16N2O3S2. The molecule has 3 rings (SSSR count). The Balaban J connectivity index is 1.76. The summed E-state index contributed by atoms with van der Waals surface area (Å²) >= 11 is 2.97. The fraction of sp³-hybridized carbons (Fsp3) is 0.235.